The van der Waals surface area contributed by atoms with Crippen LogP contribution < -0.4 is 5.32 Å². The van der Waals surface area contributed by atoms with Crippen LogP contribution in [0.5, 0.6) is 0 Å². The number of carbonyl (C=O) groups excluding carboxylic acids is 1. The summed E-state index contributed by atoms with van der Waals surface area (Å²) in [6, 6.07) is 0. The third-order valence-corrected chi connectivity index (χ3v) is 3.61. The number of aliphatic hydroxyl groups is 1. The predicted octanol–water partition coefficient (Wildman–Crippen LogP) is -0.920. The molecular formula is C7H14NO4S. The normalized spacial score (nSPS) is 13.8. The molecule has 0 rings (SSSR count). The third kappa shape index (κ3) is 3.73. The van der Waals surface area contributed by atoms with Crippen molar-refractivity contribution in [3.05, 3.63) is 6.54 Å². The fourth-order valence-corrected chi connectivity index (χ4v) is 1.73. The quantitative estimate of drug-likeness (QED) is 0.612. The van der Waals surface area contributed by atoms with Gasteiger partial charge in [0.1, 0.15) is 5.25 Å². The van der Waals surface area contributed by atoms with Crippen LogP contribution in [0.4, 0.5) is 0 Å². The van der Waals surface area contributed by atoms with Crippen LogP contribution in [0.25, 0.3) is 0 Å². The Bertz CT molecular complexity index is 260. The molecule has 77 valence electrons. The summed E-state index contributed by atoms with van der Waals surface area (Å²) >= 11 is 0. The number of nitrogens with one attached hydrogen (secondary N) is 1. The second-order valence-electron chi connectivity index (χ2n) is 2.53. The molecule has 0 aliphatic rings. The molecule has 1 atom stereocenters. The van der Waals surface area contributed by atoms with Gasteiger partial charge in [-0.05, 0) is 13.8 Å². The molecule has 0 fully saturated rings. The highest BCUT2D eigenvalue weighted by molar-refractivity contribution is 7.92. The molecule has 5 nitrogen and oxygen atoms in total. The van der Waals surface area contributed by atoms with E-state index in [0.29, 0.717) is 0 Å². The van der Waals surface area contributed by atoms with Crippen molar-refractivity contribution in [2.24, 2.45) is 0 Å². The first-order valence-corrected chi connectivity index (χ1v) is 5.58. The molecule has 0 spiro atoms. The Balaban J connectivity index is 4.40. The van der Waals surface area contributed by atoms with Gasteiger partial charge in [0.05, 0.1) is 12.4 Å². The molecule has 1 unspecified atom stereocenters. The number of hydrogen-bond acceptors (Lipinski definition) is 4. The van der Waals surface area contributed by atoms with Crippen molar-refractivity contribution in [2.75, 3.05) is 12.4 Å². The molecule has 13 heavy (non-hydrogen) atoms. The number of rotatable bonds is 5. The van der Waals surface area contributed by atoms with Gasteiger partial charge >= 0.3 is 0 Å². The van der Waals surface area contributed by atoms with Gasteiger partial charge < -0.3 is 10.4 Å². The Labute approximate surface area is 78.1 Å². The molecule has 0 aromatic heterocycles. The molecule has 0 heterocycles. The zero-order valence-electron chi connectivity index (χ0n) is 7.65. The monoisotopic (exact) mass is 208 g/mol. The largest absolute Gasteiger partial charge is 0.395 e. The molecule has 0 bridgehead atoms. The molecule has 0 saturated heterocycles. The SMILES string of the molecule is C[CH]NC(=O)C(C)S(=O)(=O)CCO. The summed E-state index contributed by atoms with van der Waals surface area (Å²) in [5.74, 6) is -0.957. The maximum absolute atomic E-state index is 11.2. The number of hydrogen-bond donors (Lipinski definition) is 2. The van der Waals surface area contributed by atoms with Crippen molar-refractivity contribution >= 4 is 15.7 Å². The van der Waals surface area contributed by atoms with Gasteiger partial charge in [0, 0.05) is 6.54 Å². The standard InChI is InChI=1S/C7H14NO4S/c1-3-8-7(10)6(2)13(11,12)5-4-9/h3,6,9H,4-5H2,1-2H3,(H,8,10). The number of carbonyl (C=O) groups is 1. The van der Waals surface area contributed by atoms with E-state index in [0.717, 1.165) is 0 Å². The van der Waals surface area contributed by atoms with Crippen LogP contribution in [0.15, 0.2) is 0 Å². The van der Waals surface area contributed by atoms with Crippen LogP contribution in [-0.4, -0.2) is 37.0 Å². The van der Waals surface area contributed by atoms with E-state index >= 15 is 0 Å². The molecular weight excluding hydrogens is 194 g/mol. The average Bonchev–Trinajstić information content (AvgIpc) is 2.03. The van der Waals surface area contributed by atoms with Gasteiger partial charge in [0.25, 0.3) is 0 Å². The first-order valence-electron chi connectivity index (χ1n) is 3.86. The van der Waals surface area contributed by atoms with Gasteiger partial charge in [-0.25, -0.2) is 8.42 Å². The van der Waals surface area contributed by atoms with Crippen LogP contribution in [0.2, 0.25) is 0 Å². The minimum Gasteiger partial charge on any atom is -0.395 e. The van der Waals surface area contributed by atoms with Gasteiger partial charge in [-0.1, -0.05) is 0 Å². The van der Waals surface area contributed by atoms with E-state index < -0.39 is 27.6 Å². The Morgan fingerprint density at radius 3 is 2.54 bits per heavy atom. The van der Waals surface area contributed by atoms with Crippen molar-refractivity contribution in [3.8, 4) is 0 Å². The van der Waals surface area contributed by atoms with Gasteiger partial charge in [0.15, 0.2) is 9.84 Å². The van der Waals surface area contributed by atoms with E-state index in [1.807, 2.05) is 0 Å². The van der Waals surface area contributed by atoms with Crippen LogP contribution in [0.3, 0.4) is 0 Å². The highest BCUT2D eigenvalue weighted by Crippen LogP contribution is 2.01. The lowest BCUT2D eigenvalue weighted by atomic mass is 10.4. The van der Waals surface area contributed by atoms with Crippen molar-refractivity contribution in [1.82, 2.24) is 5.32 Å². The van der Waals surface area contributed by atoms with Crippen LogP contribution in [-0.2, 0) is 14.6 Å². The van der Waals surface area contributed by atoms with Gasteiger partial charge in [0.2, 0.25) is 5.91 Å². The highest BCUT2D eigenvalue weighted by atomic mass is 32.2. The molecule has 0 aromatic rings. The van der Waals surface area contributed by atoms with Crippen molar-refractivity contribution in [2.45, 2.75) is 19.1 Å². The zero-order chi connectivity index (χ0) is 10.5. The lowest BCUT2D eigenvalue weighted by molar-refractivity contribution is -0.119. The van der Waals surface area contributed by atoms with Crippen LogP contribution in [0, 0.1) is 6.54 Å². The second-order valence-corrected chi connectivity index (χ2v) is 4.97. The Hall–Kier alpha value is -0.620. The predicted molar refractivity (Wildman–Crippen MR) is 48.5 cm³/mol. The van der Waals surface area contributed by atoms with Crippen LogP contribution >= 0.6 is 0 Å². The van der Waals surface area contributed by atoms with E-state index in [9.17, 15) is 13.2 Å². The fraction of sp³-hybridized carbons (Fsp3) is 0.714. The lowest BCUT2D eigenvalue weighted by Gasteiger charge is -2.10. The summed E-state index contributed by atoms with van der Waals surface area (Å²) in [5, 5.41) is 9.61. The summed E-state index contributed by atoms with van der Waals surface area (Å²) in [5.41, 5.74) is 0. The molecule has 0 aliphatic carbocycles. The summed E-state index contributed by atoms with van der Waals surface area (Å²) in [6.07, 6.45) is 0. The van der Waals surface area contributed by atoms with E-state index in [2.05, 4.69) is 5.32 Å². The summed E-state index contributed by atoms with van der Waals surface area (Å²) in [4.78, 5) is 11.1. The molecule has 0 saturated carbocycles. The minimum absolute atomic E-state index is 0.384. The first kappa shape index (κ1) is 12.4. The number of aliphatic hydroxyl groups excluding tert-OH is 1. The number of sulfone groups is 1. The number of amides is 1. The maximum Gasteiger partial charge on any atom is 0.238 e. The molecule has 0 aromatic carbocycles. The second kappa shape index (κ2) is 5.18. The van der Waals surface area contributed by atoms with Crippen molar-refractivity contribution in [3.63, 3.8) is 0 Å². The molecule has 2 N–H and O–H groups in total. The lowest BCUT2D eigenvalue weighted by Crippen LogP contribution is -2.37. The maximum atomic E-state index is 11.2. The van der Waals surface area contributed by atoms with E-state index in [1.54, 1.807) is 6.92 Å². The Kier molecular flexibility index (Phi) is 4.94. The topological polar surface area (TPSA) is 83.5 Å². The van der Waals surface area contributed by atoms with E-state index in [4.69, 9.17) is 5.11 Å². The third-order valence-electron chi connectivity index (χ3n) is 1.57. The van der Waals surface area contributed by atoms with Gasteiger partial charge in [-0.15, -0.1) is 0 Å². The molecule has 1 amide bonds. The molecule has 0 aliphatic heterocycles. The zero-order valence-corrected chi connectivity index (χ0v) is 8.47. The van der Waals surface area contributed by atoms with Gasteiger partial charge in [-0.3, -0.25) is 4.79 Å². The first-order chi connectivity index (χ1) is 5.95. The van der Waals surface area contributed by atoms with E-state index in [-0.39, 0.29) is 5.75 Å². The summed E-state index contributed by atoms with van der Waals surface area (Å²) < 4.78 is 22.4. The van der Waals surface area contributed by atoms with Crippen molar-refractivity contribution < 1.29 is 18.3 Å². The molecule has 1 radical (unpaired) electrons. The van der Waals surface area contributed by atoms with Gasteiger partial charge in [-0.2, -0.15) is 0 Å². The minimum atomic E-state index is -3.51. The van der Waals surface area contributed by atoms with Crippen LogP contribution in [0.1, 0.15) is 13.8 Å². The smallest absolute Gasteiger partial charge is 0.238 e. The summed E-state index contributed by atoms with van der Waals surface area (Å²) in [6.45, 7) is 3.79. The van der Waals surface area contributed by atoms with E-state index in [1.165, 1.54) is 13.5 Å². The Morgan fingerprint density at radius 1 is 1.62 bits per heavy atom. The Morgan fingerprint density at radius 2 is 2.15 bits per heavy atom. The summed E-state index contributed by atoms with van der Waals surface area (Å²) in [7, 11) is -3.51. The highest BCUT2D eigenvalue weighted by Gasteiger charge is 2.26. The van der Waals surface area contributed by atoms with Crippen molar-refractivity contribution in [1.29, 1.82) is 0 Å². The molecule has 6 heteroatoms. The average molecular weight is 208 g/mol. The fourth-order valence-electron chi connectivity index (χ4n) is 0.727.